The van der Waals surface area contributed by atoms with Crippen LogP contribution in [0.5, 0.6) is 0 Å². The minimum Gasteiger partial charge on any atom is -0.462 e. The van der Waals surface area contributed by atoms with Gasteiger partial charge in [0.2, 0.25) is 0 Å². The van der Waals surface area contributed by atoms with Gasteiger partial charge in [-0.05, 0) is 70.6 Å². The minimum absolute atomic E-state index is 0.0828. The van der Waals surface area contributed by atoms with Gasteiger partial charge in [0.05, 0.1) is 6.61 Å². The molecule has 0 aliphatic rings. The zero-order valence-corrected chi connectivity index (χ0v) is 36.5. The number of hydrogen-bond donors (Lipinski definition) is 0. The van der Waals surface area contributed by atoms with Crippen LogP contribution in [0.2, 0.25) is 0 Å². The predicted octanol–water partition coefficient (Wildman–Crippen LogP) is 15.7. The van der Waals surface area contributed by atoms with Crippen LogP contribution in [0.15, 0.2) is 24.3 Å². The lowest BCUT2D eigenvalue weighted by Gasteiger charge is -2.18. The maximum atomic E-state index is 12.7. The lowest BCUT2D eigenvalue weighted by molar-refractivity contribution is -0.163. The van der Waals surface area contributed by atoms with E-state index >= 15 is 0 Å². The van der Waals surface area contributed by atoms with Crippen molar-refractivity contribution in [1.82, 2.24) is 0 Å². The fourth-order valence-corrected chi connectivity index (χ4v) is 6.85. The van der Waals surface area contributed by atoms with Gasteiger partial charge in [-0.15, -0.1) is 0 Å². The molecule has 0 rings (SSSR count). The molecule has 0 amide bonds. The summed E-state index contributed by atoms with van der Waals surface area (Å²) in [5.74, 6) is -0.407. The van der Waals surface area contributed by atoms with Crippen molar-refractivity contribution in [3.63, 3.8) is 0 Å². The Labute approximate surface area is 337 Å². The molecule has 1 unspecified atom stereocenters. The number of allylic oxidation sites excluding steroid dienone is 4. The third-order valence-electron chi connectivity index (χ3n) is 10.5. The van der Waals surface area contributed by atoms with Crippen LogP contribution in [0.3, 0.4) is 0 Å². The van der Waals surface area contributed by atoms with Crippen LogP contribution in [-0.4, -0.2) is 37.9 Å². The van der Waals surface area contributed by atoms with Gasteiger partial charge in [0.1, 0.15) is 6.61 Å². The van der Waals surface area contributed by atoms with Crippen LogP contribution in [-0.2, 0) is 23.8 Å². The molecule has 5 heteroatoms. The van der Waals surface area contributed by atoms with Gasteiger partial charge in [0.15, 0.2) is 6.10 Å². The second kappa shape index (κ2) is 45.8. The second-order valence-electron chi connectivity index (χ2n) is 16.0. The van der Waals surface area contributed by atoms with Crippen LogP contribution in [0.4, 0.5) is 0 Å². The van der Waals surface area contributed by atoms with Gasteiger partial charge in [-0.2, -0.15) is 0 Å². The van der Waals surface area contributed by atoms with Crippen molar-refractivity contribution in [3.05, 3.63) is 24.3 Å². The molecule has 0 aliphatic carbocycles. The first-order valence-electron chi connectivity index (χ1n) is 23.9. The third-order valence-corrected chi connectivity index (χ3v) is 10.5. The van der Waals surface area contributed by atoms with E-state index in [-0.39, 0.29) is 25.2 Å². The van der Waals surface area contributed by atoms with Crippen molar-refractivity contribution in [2.45, 2.75) is 258 Å². The molecular formula is C49H92O5. The SMILES string of the molecule is CCCCCCCC/C=C\CCCCCCCC(=O)OCC(COCCCCCCCCCC)OC(=O)CCCCCCC/C=C\CCCCCCCC. The highest BCUT2D eigenvalue weighted by atomic mass is 16.6. The minimum atomic E-state index is -0.535. The fraction of sp³-hybridized carbons (Fsp3) is 0.878. The molecule has 0 fully saturated rings. The first-order chi connectivity index (χ1) is 26.6. The van der Waals surface area contributed by atoms with E-state index in [4.69, 9.17) is 14.2 Å². The molecule has 0 spiro atoms. The standard InChI is InChI=1S/C49H92O5/c1-4-7-10-13-16-19-21-23-25-27-29-31-33-36-39-42-48(50)53-46-47(45-52-44-41-38-35-18-15-12-9-6-3)54-49(51)43-40-37-34-32-30-28-26-24-22-20-17-14-11-8-5-2/h23-26,47H,4-22,27-46H2,1-3H3/b25-23-,26-24-. The van der Waals surface area contributed by atoms with E-state index in [1.54, 1.807) is 0 Å². The quantitative estimate of drug-likeness (QED) is 0.0352. The Bertz CT molecular complexity index is 821. The average molecular weight is 761 g/mol. The van der Waals surface area contributed by atoms with Crippen LogP contribution in [0, 0.1) is 0 Å². The summed E-state index contributed by atoms with van der Waals surface area (Å²) in [5.41, 5.74) is 0. The highest BCUT2D eigenvalue weighted by molar-refractivity contribution is 5.70. The molecular weight excluding hydrogens is 669 g/mol. The van der Waals surface area contributed by atoms with Gasteiger partial charge < -0.3 is 14.2 Å². The summed E-state index contributed by atoms with van der Waals surface area (Å²) < 4.78 is 17.3. The highest BCUT2D eigenvalue weighted by Gasteiger charge is 2.17. The summed E-state index contributed by atoms with van der Waals surface area (Å²) in [6.45, 7) is 7.81. The van der Waals surface area contributed by atoms with Crippen LogP contribution in [0.25, 0.3) is 0 Å². The first-order valence-corrected chi connectivity index (χ1v) is 23.9. The lowest BCUT2D eigenvalue weighted by Crippen LogP contribution is -2.30. The van der Waals surface area contributed by atoms with Crippen LogP contribution >= 0.6 is 0 Å². The van der Waals surface area contributed by atoms with Gasteiger partial charge in [0, 0.05) is 19.4 Å². The summed E-state index contributed by atoms with van der Waals surface area (Å²) >= 11 is 0. The number of ether oxygens (including phenoxy) is 3. The molecule has 0 aromatic heterocycles. The molecule has 5 nitrogen and oxygen atoms in total. The molecule has 0 bridgehead atoms. The molecule has 0 aromatic rings. The van der Waals surface area contributed by atoms with Gasteiger partial charge in [-0.1, -0.05) is 193 Å². The number of hydrogen-bond acceptors (Lipinski definition) is 5. The number of carbonyl (C=O) groups excluding carboxylic acids is 2. The van der Waals surface area contributed by atoms with Gasteiger partial charge >= 0.3 is 11.9 Å². The van der Waals surface area contributed by atoms with Gasteiger partial charge in [0.25, 0.3) is 0 Å². The number of esters is 2. The van der Waals surface area contributed by atoms with E-state index < -0.39 is 6.10 Å². The molecule has 0 aromatic carbocycles. The molecule has 0 radical (unpaired) electrons. The zero-order chi connectivity index (χ0) is 39.3. The Balaban J connectivity index is 4.18. The third kappa shape index (κ3) is 43.1. The predicted molar refractivity (Wildman–Crippen MR) is 233 cm³/mol. The Hall–Kier alpha value is -1.62. The summed E-state index contributed by atoms with van der Waals surface area (Å²) in [6.07, 6.45) is 51.7. The topological polar surface area (TPSA) is 61.8 Å². The maximum Gasteiger partial charge on any atom is 0.306 e. The van der Waals surface area contributed by atoms with E-state index in [9.17, 15) is 9.59 Å². The van der Waals surface area contributed by atoms with Crippen molar-refractivity contribution in [2.24, 2.45) is 0 Å². The van der Waals surface area contributed by atoms with Crippen LogP contribution in [0.1, 0.15) is 252 Å². The van der Waals surface area contributed by atoms with Crippen molar-refractivity contribution in [3.8, 4) is 0 Å². The lowest BCUT2D eigenvalue weighted by atomic mass is 10.1. The molecule has 318 valence electrons. The fourth-order valence-electron chi connectivity index (χ4n) is 6.85. The largest absolute Gasteiger partial charge is 0.462 e. The normalized spacial score (nSPS) is 12.3. The van der Waals surface area contributed by atoms with Gasteiger partial charge in [-0.3, -0.25) is 9.59 Å². The van der Waals surface area contributed by atoms with E-state index in [2.05, 4.69) is 45.1 Å². The second-order valence-corrected chi connectivity index (χ2v) is 16.0. The van der Waals surface area contributed by atoms with E-state index in [0.717, 1.165) is 64.2 Å². The Morgan fingerprint density at radius 2 is 0.722 bits per heavy atom. The molecule has 1 atom stereocenters. The summed E-state index contributed by atoms with van der Waals surface area (Å²) in [6, 6.07) is 0. The number of unbranched alkanes of at least 4 members (excludes halogenated alkanes) is 29. The monoisotopic (exact) mass is 761 g/mol. The number of carbonyl (C=O) groups is 2. The zero-order valence-electron chi connectivity index (χ0n) is 36.5. The summed E-state index contributed by atoms with van der Waals surface area (Å²) in [5, 5.41) is 0. The number of rotatable bonds is 44. The van der Waals surface area contributed by atoms with Crippen molar-refractivity contribution in [2.75, 3.05) is 19.8 Å². The van der Waals surface area contributed by atoms with Crippen molar-refractivity contribution < 1.29 is 23.8 Å². The molecule has 0 aliphatic heterocycles. The van der Waals surface area contributed by atoms with Crippen molar-refractivity contribution in [1.29, 1.82) is 0 Å². The smallest absolute Gasteiger partial charge is 0.306 e. The summed E-state index contributed by atoms with van der Waals surface area (Å²) in [4.78, 5) is 25.2. The Morgan fingerprint density at radius 3 is 1.13 bits per heavy atom. The van der Waals surface area contributed by atoms with E-state index in [1.165, 1.54) is 154 Å². The average Bonchev–Trinajstić information content (AvgIpc) is 3.17. The van der Waals surface area contributed by atoms with E-state index in [0.29, 0.717) is 19.4 Å². The maximum absolute atomic E-state index is 12.7. The first kappa shape index (κ1) is 52.4. The van der Waals surface area contributed by atoms with Crippen molar-refractivity contribution >= 4 is 11.9 Å². The molecule has 0 heterocycles. The molecule has 0 saturated carbocycles. The van der Waals surface area contributed by atoms with Crippen LogP contribution < -0.4 is 0 Å². The Kier molecular flexibility index (Phi) is 44.4. The Morgan fingerprint density at radius 1 is 0.389 bits per heavy atom. The van der Waals surface area contributed by atoms with E-state index in [1.807, 2.05) is 0 Å². The van der Waals surface area contributed by atoms with Gasteiger partial charge in [-0.25, -0.2) is 0 Å². The molecule has 54 heavy (non-hydrogen) atoms. The summed E-state index contributed by atoms with van der Waals surface area (Å²) in [7, 11) is 0. The highest BCUT2D eigenvalue weighted by Crippen LogP contribution is 2.14. The molecule has 0 saturated heterocycles. The molecule has 0 N–H and O–H groups in total.